The number of aromatic nitrogens is 2. The summed E-state index contributed by atoms with van der Waals surface area (Å²) in [5.41, 5.74) is 10.7. The molecule has 9 aromatic rings. The Morgan fingerprint density at radius 3 is 1.11 bits per heavy atom. The summed E-state index contributed by atoms with van der Waals surface area (Å²) in [6.45, 7) is -0.0767. The van der Waals surface area contributed by atoms with Crippen LogP contribution < -0.4 is 21.1 Å². The van der Waals surface area contributed by atoms with E-state index in [4.69, 9.17) is 4.74 Å². The fraction of sp³-hybridized carbons (Fsp3) is 0. The Bertz CT molecular complexity index is 2360. The molecule has 0 aliphatic carbocycles. The maximum absolute atomic E-state index is 6.56. The number of hydrogen-bond donors (Lipinski definition) is 0. The van der Waals surface area contributed by atoms with E-state index in [1.165, 1.54) is 49.1 Å². The molecule has 0 atom stereocenters. The number of ether oxygens (including phenoxy) is 1. The molecule has 0 spiro atoms. The molecular weight excluding hydrogens is 559 g/mol. The predicted molar refractivity (Wildman–Crippen MR) is 193 cm³/mol. The normalized spacial score (nSPS) is 12.5. The molecule has 3 heterocycles. The standard InChI is InChI=1S/C42H27BN2O/c1-7-20-34-28(14-1)29-15-2-8-21-35(29)44(34)38-24-13-25-39(45-36-22-9-3-16-30(36)31-17-4-10-23-37(31)45)42(38)43-32-18-5-11-26-40(32)46-41-27-12-6-19-33(41)43/h1-27H. The van der Waals surface area contributed by atoms with Gasteiger partial charge in [0, 0.05) is 32.9 Å². The van der Waals surface area contributed by atoms with Crippen LogP contribution in [0.5, 0.6) is 11.5 Å². The minimum Gasteiger partial charge on any atom is -0.458 e. The molecule has 3 nitrogen and oxygen atoms in total. The minimum atomic E-state index is -0.0767. The van der Waals surface area contributed by atoms with E-state index >= 15 is 0 Å². The summed E-state index contributed by atoms with van der Waals surface area (Å²) in [5, 5.41) is 5.00. The van der Waals surface area contributed by atoms with E-state index in [-0.39, 0.29) is 6.71 Å². The highest BCUT2D eigenvalue weighted by Gasteiger charge is 2.36. The quantitative estimate of drug-likeness (QED) is 0.190. The van der Waals surface area contributed by atoms with Gasteiger partial charge < -0.3 is 13.9 Å². The zero-order valence-electron chi connectivity index (χ0n) is 25.0. The highest BCUT2D eigenvalue weighted by atomic mass is 16.5. The zero-order valence-corrected chi connectivity index (χ0v) is 25.0. The van der Waals surface area contributed by atoms with E-state index in [0.717, 1.165) is 33.8 Å². The molecule has 10 rings (SSSR count). The summed E-state index contributed by atoms with van der Waals surface area (Å²) in [4.78, 5) is 0. The molecule has 0 bridgehead atoms. The Morgan fingerprint density at radius 2 is 0.696 bits per heavy atom. The van der Waals surface area contributed by atoms with Crippen molar-refractivity contribution < 1.29 is 4.74 Å². The van der Waals surface area contributed by atoms with Gasteiger partial charge in [0.15, 0.2) is 0 Å². The highest BCUT2D eigenvalue weighted by molar-refractivity contribution is 6.98. The average Bonchev–Trinajstić information content (AvgIpc) is 3.63. The molecule has 0 saturated carbocycles. The van der Waals surface area contributed by atoms with Gasteiger partial charge in [0.05, 0.1) is 22.1 Å². The van der Waals surface area contributed by atoms with Crippen LogP contribution in [0.1, 0.15) is 0 Å². The van der Waals surface area contributed by atoms with Crippen LogP contribution in [0, 0.1) is 0 Å². The summed E-state index contributed by atoms with van der Waals surface area (Å²) in [7, 11) is 0. The van der Waals surface area contributed by atoms with Crippen LogP contribution in [0.4, 0.5) is 0 Å². The van der Waals surface area contributed by atoms with Crippen molar-refractivity contribution in [2.75, 3.05) is 0 Å². The van der Waals surface area contributed by atoms with Gasteiger partial charge in [0.1, 0.15) is 11.5 Å². The third-order valence-electron chi connectivity index (χ3n) is 9.67. The van der Waals surface area contributed by atoms with Crippen LogP contribution in [-0.4, -0.2) is 15.8 Å². The number of nitrogens with zero attached hydrogens (tertiary/aromatic N) is 2. The second-order valence-electron chi connectivity index (χ2n) is 12.1. The van der Waals surface area contributed by atoms with E-state index < -0.39 is 0 Å². The first-order valence-electron chi connectivity index (χ1n) is 15.8. The number of hydrogen-bond acceptors (Lipinski definition) is 1. The Balaban J connectivity index is 1.42. The van der Waals surface area contributed by atoms with Crippen molar-refractivity contribution in [2.45, 2.75) is 0 Å². The Labute approximate surface area is 266 Å². The second-order valence-corrected chi connectivity index (χ2v) is 12.1. The summed E-state index contributed by atoms with van der Waals surface area (Å²) < 4.78 is 11.5. The van der Waals surface area contributed by atoms with Crippen LogP contribution >= 0.6 is 0 Å². The van der Waals surface area contributed by atoms with Gasteiger partial charge in [-0.25, -0.2) is 0 Å². The van der Waals surface area contributed by atoms with Crippen LogP contribution in [0.3, 0.4) is 0 Å². The van der Waals surface area contributed by atoms with Crippen LogP contribution in [0.2, 0.25) is 0 Å². The molecule has 0 radical (unpaired) electrons. The van der Waals surface area contributed by atoms with Crippen LogP contribution in [0.15, 0.2) is 164 Å². The minimum absolute atomic E-state index is 0.0767. The lowest BCUT2D eigenvalue weighted by Gasteiger charge is -2.30. The summed E-state index contributed by atoms with van der Waals surface area (Å²) >= 11 is 0. The Kier molecular flexibility index (Phi) is 5.37. The molecular formula is C42H27BN2O. The molecule has 0 N–H and O–H groups in total. The second kappa shape index (κ2) is 9.75. The number of rotatable bonds is 3. The SMILES string of the molecule is c1ccc2c(c1)Oc1ccccc1B2c1c(-n2c3ccccc3c3ccccc32)cccc1-n1c2ccccc2c2ccccc21. The molecule has 1 aliphatic heterocycles. The van der Waals surface area contributed by atoms with E-state index in [1.807, 2.05) is 0 Å². The summed E-state index contributed by atoms with van der Waals surface area (Å²) in [5.74, 6) is 1.80. The summed E-state index contributed by atoms with van der Waals surface area (Å²) in [6, 6.07) is 59.0. The van der Waals surface area contributed by atoms with E-state index in [0.29, 0.717) is 0 Å². The topological polar surface area (TPSA) is 19.1 Å². The molecule has 0 amide bonds. The van der Waals surface area contributed by atoms with Gasteiger partial charge in [-0.1, -0.05) is 115 Å². The van der Waals surface area contributed by atoms with Crippen molar-refractivity contribution in [2.24, 2.45) is 0 Å². The van der Waals surface area contributed by atoms with Crippen molar-refractivity contribution in [1.82, 2.24) is 9.13 Å². The largest absolute Gasteiger partial charge is 0.458 e. The lowest BCUT2D eigenvalue weighted by atomic mass is 9.35. The number of para-hydroxylation sites is 6. The van der Waals surface area contributed by atoms with E-state index in [2.05, 4.69) is 173 Å². The molecule has 2 aromatic heterocycles. The van der Waals surface area contributed by atoms with E-state index in [9.17, 15) is 0 Å². The molecule has 0 saturated heterocycles. The lowest BCUT2D eigenvalue weighted by Crippen LogP contribution is -2.56. The molecule has 0 fully saturated rings. The van der Waals surface area contributed by atoms with Gasteiger partial charge in [-0.05, 0) is 64.9 Å². The third kappa shape index (κ3) is 3.50. The fourth-order valence-electron chi connectivity index (χ4n) is 7.81. The maximum Gasteiger partial charge on any atom is 0.256 e. The molecule has 214 valence electrons. The molecule has 7 aromatic carbocycles. The molecule has 4 heteroatoms. The zero-order chi connectivity index (χ0) is 30.2. The van der Waals surface area contributed by atoms with Gasteiger partial charge in [0.2, 0.25) is 0 Å². The first kappa shape index (κ1) is 25.3. The van der Waals surface area contributed by atoms with Crippen molar-refractivity contribution in [3.05, 3.63) is 164 Å². The van der Waals surface area contributed by atoms with E-state index in [1.54, 1.807) is 0 Å². The van der Waals surface area contributed by atoms with Gasteiger partial charge >= 0.3 is 0 Å². The Morgan fingerprint density at radius 1 is 0.348 bits per heavy atom. The monoisotopic (exact) mass is 586 g/mol. The number of fused-ring (bicyclic) bond motifs is 8. The highest BCUT2D eigenvalue weighted by Crippen LogP contribution is 2.36. The molecule has 46 heavy (non-hydrogen) atoms. The number of benzene rings is 7. The fourth-order valence-corrected chi connectivity index (χ4v) is 7.81. The third-order valence-corrected chi connectivity index (χ3v) is 9.67. The van der Waals surface area contributed by atoms with Crippen LogP contribution in [-0.2, 0) is 0 Å². The predicted octanol–water partition coefficient (Wildman–Crippen LogP) is 8.50. The van der Waals surface area contributed by atoms with Gasteiger partial charge in [0.25, 0.3) is 6.71 Å². The van der Waals surface area contributed by atoms with Gasteiger partial charge in [-0.2, -0.15) is 0 Å². The van der Waals surface area contributed by atoms with Crippen molar-refractivity contribution in [3.63, 3.8) is 0 Å². The van der Waals surface area contributed by atoms with Crippen molar-refractivity contribution >= 4 is 66.7 Å². The smallest absolute Gasteiger partial charge is 0.256 e. The van der Waals surface area contributed by atoms with Gasteiger partial charge in [-0.3, -0.25) is 0 Å². The first-order valence-corrected chi connectivity index (χ1v) is 15.8. The Hall–Kier alpha value is -6.00. The van der Waals surface area contributed by atoms with Crippen molar-refractivity contribution in [1.29, 1.82) is 0 Å². The average molecular weight is 587 g/mol. The maximum atomic E-state index is 6.56. The van der Waals surface area contributed by atoms with Crippen molar-refractivity contribution in [3.8, 4) is 22.9 Å². The molecule has 0 unspecified atom stereocenters. The molecule has 1 aliphatic rings. The first-order chi connectivity index (χ1) is 22.9. The van der Waals surface area contributed by atoms with Crippen LogP contribution in [0.25, 0.3) is 55.0 Å². The summed E-state index contributed by atoms with van der Waals surface area (Å²) in [6.07, 6.45) is 0. The lowest BCUT2D eigenvalue weighted by molar-refractivity contribution is 0.487. The van der Waals surface area contributed by atoms with Gasteiger partial charge in [-0.15, -0.1) is 0 Å².